The zero-order valence-electron chi connectivity index (χ0n) is 81.1. The van der Waals surface area contributed by atoms with E-state index in [1.807, 2.05) is 99.5 Å². The summed E-state index contributed by atoms with van der Waals surface area (Å²) >= 11 is 0. The van der Waals surface area contributed by atoms with Crippen molar-refractivity contribution < 1.29 is 58.6 Å². The monoisotopic (exact) mass is 1780 g/mol. The highest BCUT2D eigenvalue weighted by molar-refractivity contribution is 6.05. The Morgan fingerprint density at radius 3 is 1.64 bits per heavy atom. The fraction of sp³-hybridized carbons (Fsp3) is 0.549. The maximum Gasteiger partial charge on any atom is 0.289 e. The van der Waals surface area contributed by atoms with Gasteiger partial charge in [0.05, 0.1) is 41.0 Å². The second kappa shape index (κ2) is 44.4. The summed E-state index contributed by atoms with van der Waals surface area (Å²) in [7, 11) is 7.34. The van der Waals surface area contributed by atoms with E-state index in [1.54, 1.807) is 30.8 Å². The number of rotatable bonds is 13. The van der Waals surface area contributed by atoms with Crippen LogP contribution in [0.2, 0.25) is 0 Å². The molecule has 704 valence electrons. The van der Waals surface area contributed by atoms with Gasteiger partial charge in [0.1, 0.15) is 47.9 Å². The number of oxazole rings is 1. The molecule has 8 N–H and O–H groups in total. The predicted molar refractivity (Wildman–Crippen MR) is 514 cm³/mol. The van der Waals surface area contributed by atoms with E-state index in [2.05, 4.69) is 212 Å². The lowest BCUT2D eigenvalue weighted by molar-refractivity contribution is -0.143. The standard InChI is InChI=1S/C28H42N4O3.C19H26N2O2.2C18H23N3O2.C14H19N3O3.C3H8.C2H6.H2/c1-18-16-24(27(34)30-23-15-9-13-20-10-7-8-14-22(20)23)32(17-18)28(35)25(21-11-5-4-6-12-21)31-26(33)19(2)29-3;1-12-11-14(19(3,4)5)8-9-15(12)18(23)21(6)16-10-7-13(2)20-17(16)22;1-11-20(5)15-10-12(18(2,3)4)6-7-13(15)21(11)14-8-9-16(22)19-17(14)23;1-11-20(5)13-7-6-12(18(2,3)4)10-15(13)21(11)14-8-9-16(22)19-17(14)23;1-8-5-6-9(11(18)16-8)17-12(19)10-7-15-13(20-10)14(2,3)4;1-3-2;1-2;/h7-8,10,14,18-19,21,23-25,29H,4-6,9,11-13,15-17H2,1-3H3,(H,30,34)(H,31,33);8-9,11,16H,2,7,10H2,1,3-6H3,(H,20,22);2*6-7,10,14H,1,8-9H2,2-5H3,(H,19,22,23);7,9H,1,5-6H2,2-4H3,(H,16,18)(H,17,19);3H2,1-2H3;1-2H3;1H/t18-,19-,23+,24-,25-;;;;;;;/m0......./s1. The molecule has 27 heteroatoms. The number of likely N-dealkylation sites (N-methyl/N-ethyl adjacent to an activating group) is 2. The molecule has 14 rings (SSSR count). The van der Waals surface area contributed by atoms with Gasteiger partial charge < -0.3 is 65.7 Å². The van der Waals surface area contributed by atoms with Crippen LogP contribution in [0.4, 0.5) is 22.7 Å². The minimum Gasteiger partial charge on any atom is -0.435 e. The maximum absolute atomic E-state index is 14.0. The van der Waals surface area contributed by atoms with E-state index in [0.29, 0.717) is 81.5 Å². The van der Waals surface area contributed by atoms with E-state index >= 15 is 0 Å². The number of aryl methyl sites for hydroxylation is 2. The first kappa shape index (κ1) is 103. The molecule has 4 unspecified atom stereocenters. The normalized spacial score (nSPS) is 21.4. The summed E-state index contributed by atoms with van der Waals surface area (Å²) in [6.07, 6.45) is 15.8. The third-order valence-electron chi connectivity index (χ3n) is 25.1. The number of carbonyl (C=O) groups is 11. The third kappa shape index (κ3) is 25.9. The molecule has 27 nitrogen and oxygen atoms in total. The van der Waals surface area contributed by atoms with E-state index in [9.17, 15) is 52.7 Å². The molecule has 0 bridgehead atoms. The molecule has 1 aromatic heterocycles. The largest absolute Gasteiger partial charge is 0.435 e. The first-order valence-corrected chi connectivity index (χ1v) is 46.3. The molecule has 0 spiro atoms. The number of hydrogen-bond acceptors (Lipinski definition) is 18. The molecule has 5 aromatic rings. The molecular weight excluding hydrogens is 1630 g/mol. The lowest BCUT2D eigenvalue weighted by atomic mass is 9.83. The minimum absolute atomic E-state index is 0. The van der Waals surface area contributed by atoms with Gasteiger partial charge in [0.25, 0.3) is 11.8 Å². The molecule has 7 aliphatic heterocycles. The van der Waals surface area contributed by atoms with Crippen LogP contribution in [0.5, 0.6) is 0 Å². The van der Waals surface area contributed by atoms with Crippen molar-refractivity contribution in [2.24, 2.45) is 11.8 Å². The highest BCUT2D eigenvalue weighted by Gasteiger charge is 2.46. The Morgan fingerprint density at radius 1 is 0.589 bits per heavy atom. The number of nitrogens with zero attached hydrogens (tertiary/aromatic N) is 7. The molecule has 11 amide bonds. The predicted octanol–water partition coefficient (Wildman–Crippen LogP) is 15.5. The molecule has 2 aliphatic carbocycles. The Balaban J connectivity index is 0.000000222. The van der Waals surface area contributed by atoms with Crippen LogP contribution < -0.4 is 62.1 Å². The van der Waals surface area contributed by atoms with Gasteiger partial charge in [-0.1, -0.05) is 218 Å². The second-order valence-electron chi connectivity index (χ2n) is 39.4. The van der Waals surface area contributed by atoms with Crippen LogP contribution in [0, 0.1) is 18.8 Å². The Bertz CT molecular complexity index is 4960. The van der Waals surface area contributed by atoms with Crippen molar-refractivity contribution >= 4 is 87.7 Å². The average Bonchev–Trinajstić information content (AvgIpc) is 1.59. The van der Waals surface area contributed by atoms with Gasteiger partial charge in [0.15, 0.2) is 0 Å². The fourth-order valence-electron chi connectivity index (χ4n) is 17.2. The number of hydrogen-bond donors (Lipinski definition) is 8. The van der Waals surface area contributed by atoms with Crippen LogP contribution in [0.3, 0.4) is 0 Å². The summed E-state index contributed by atoms with van der Waals surface area (Å²) < 4.78 is 5.44. The number of nitrogens with one attached hydrogen (secondary N) is 8. The molecular formula is C102H149N15O12. The van der Waals surface area contributed by atoms with Crippen molar-refractivity contribution in [3.05, 3.63) is 185 Å². The van der Waals surface area contributed by atoms with Crippen molar-refractivity contribution in [1.29, 1.82) is 0 Å². The topological polar surface area (TPSA) is 329 Å². The van der Waals surface area contributed by atoms with Crippen LogP contribution in [-0.4, -0.2) is 157 Å². The summed E-state index contributed by atoms with van der Waals surface area (Å²) in [4.78, 5) is 152. The van der Waals surface area contributed by atoms with Gasteiger partial charge in [-0.3, -0.25) is 63.4 Å². The zero-order chi connectivity index (χ0) is 95.8. The minimum atomic E-state index is -0.574. The van der Waals surface area contributed by atoms with E-state index in [4.69, 9.17) is 4.42 Å². The third-order valence-corrected chi connectivity index (χ3v) is 25.1. The molecule has 9 aliphatic rings. The van der Waals surface area contributed by atoms with Crippen molar-refractivity contribution in [3.8, 4) is 0 Å². The number of piperidine rings is 4. The number of fused-ring (bicyclic) bond motifs is 3. The van der Waals surface area contributed by atoms with Crippen molar-refractivity contribution in [3.63, 3.8) is 0 Å². The molecule has 129 heavy (non-hydrogen) atoms. The molecule has 4 aromatic carbocycles. The van der Waals surface area contributed by atoms with Crippen molar-refractivity contribution in [1.82, 2.24) is 57.3 Å². The number of anilines is 4. The van der Waals surface area contributed by atoms with Crippen LogP contribution in [0.1, 0.15) is 301 Å². The Morgan fingerprint density at radius 2 is 1.11 bits per heavy atom. The smallest absolute Gasteiger partial charge is 0.289 e. The SMILES string of the molecule is C=C1CCC(N(C)C(=O)c2ccc(C(C)(C)C)cc2C)C(=O)N1.C=C1CCC(NC(=O)c2cnc(C(C)(C)C)o2)C(=O)N1.C=C1N(C)c2cc(C(C)(C)C)ccc2N1C1CCC(=O)NC1=O.C=C1N(C)c2ccc(C(C)(C)C)cc2N1C1CCC(=O)NC1=O.CC.CCC.CN[C@@H](C)C(=O)N[C@H](C(=O)N1C[C@@H](C)C[C@H]1C(=O)N[C@@H]1CCCc2ccccc21)C1CCCCC1.[HH]. The number of benzene rings is 4. The lowest BCUT2D eigenvalue weighted by Gasteiger charge is -2.35. The highest BCUT2D eigenvalue weighted by Crippen LogP contribution is 2.47. The van der Waals surface area contributed by atoms with E-state index < -0.39 is 30.1 Å². The molecule has 0 radical (unpaired) electrons. The summed E-state index contributed by atoms with van der Waals surface area (Å²) in [5.74, 6) is 0.336. The molecule has 5 saturated heterocycles. The van der Waals surface area contributed by atoms with Crippen LogP contribution >= 0.6 is 0 Å². The van der Waals surface area contributed by atoms with Crippen molar-refractivity contribution in [2.75, 3.05) is 54.3 Å². The molecule has 6 fully saturated rings. The summed E-state index contributed by atoms with van der Waals surface area (Å²) in [5, 5.41) is 22.2. The number of likely N-dealkylation sites (tertiary alicyclic amines) is 1. The molecule has 8 heterocycles. The maximum atomic E-state index is 14.0. The van der Waals surface area contributed by atoms with Gasteiger partial charge in [-0.05, 0) is 190 Å². The lowest BCUT2D eigenvalue weighted by Crippen LogP contribution is -2.58. The summed E-state index contributed by atoms with van der Waals surface area (Å²) in [6.45, 7) is 55.7. The van der Waals surface area contributed by atoms with Gasteiger partial charge in [-0.15, -0.1) is 0 Å². The van der Waals surface area contributed by atoms with Gasteiger partial charge in [0.2, 0.25) is 64.8 Å². The molecule has 1 saturated carbocycles. The van der Waals surface area contributed by atoms with Crippen LogP contribution in [-0.2, 0) is 71.2 Å². The number of imide groups is 2. The quantitative estimate of drug-likeness (QED) is 0.0508. The Kier molecular flexibility index (Phi) is 35.5. The zero-order valence-corrected chi connectivity index (χ0v) is 81.1. The van der Waals surface area contributed by atoms with E-state index in [0.717, 1.165) is 90.6 Å². The number of aromatic nitrogens is 1. The van der Waals surface area contributed by atoms with Crippen molar-refractivity contribution in [2.45, 2.75) is 317 Å². The Hall–Kier alpha value is -11.2. The van der Waals surface area contributed by atoms with Crippen LogP contribution in [0.15, 0.2) is 139 Å². The first-order chi connectivity index (χ1) is 60.6. The number of allylic oxidation sites excluding steroid dienone is 2. The highest BCUT2D eigenvalue weighted by atomic mass is 16.4. The van der Waals surface area contributed by atoms with E-state index in [1.165, 1.54) is 46.9 Å². The van der Waals surface area contributed by atoms with Gasteiger partial charge in [-0.25, -0.2) is 4.98 Å². The fourth-order valence-corrected chi connectivity index (χ4v) is 17.2. The van der Waals surface area contributed by atoms with Gasteiger partial charge in [0, 0.05) is 64.3 Å². The second-order valence-corrected chi connectivity index (χ2v) is 39.4. The van der Waals surface area contributed by atoms with Gasteiger partial charge >= 0.3 is 0 Å². The Labute approximate surface area is 767 Å². The number of carbonyl (C=O) groups excluding carboxylic acids is 11. The molecule has 9 atom stereocenters. The first-order valence-electron chi connectivity index (χ1n) is 46.3. The van der Waals surface area contributed by atoms with E-state index in [-0.39, 0.29) is 124 Å². The van der Waals surface area contributed by atoms with Crippen LogP contribution in [0.25, 0.3) is 0 Å². The van der Waals surface area contributed by atoms with Gasteiger partial charge in [-0.2, -0.15) is 0 Å². The summed E-state index contributed by atoms with van der Waals surface area (Å²) in [6, 6.07) is 23.7. The summed E-state index contributed by atoms with van der Waals surface area (Å²) in [5.41, 5.74) is 13.0. The average molecular weight is 1780 g/mol. The number of amides is 11.